The minimum absolute atomic E-state index is 0.0696. The third kappa shape index (κ3) is 2.95. The van der Waals surface area contributed by atoms with Crippen molar-refractivity contribution in [3.05, 3.63) is 34.1 Å². The summed E-state index contributed by atoms with van der Waals surface area (Å²) in [7, 11) is -5.98. The van der Waals surface area contributed by atoms with Crippen LogP contribution in [0.2, 0.25) is 0 Å². The topological polar surface area (TPSA) is 56.3 Å². The van der Waals surface area contributed by atoms with Crippen LogP contribution >= 0.6 is 15.9 Å². The molecule has 0 bridgehead atoms. The Hall–Kier alpha value is -1.42. The van der Waals surface area contributed by atoms with Gasteiger partial charge < -0.3 is 4.18 Å². The molecule has 1 aromatic heterocycles. The van der Waals surface area contributed by atoms with Crippen LogP contribution in [0.3, 0.4) is 0 Å². The fourth-order valence-corrected chi connectivity index (χ4v) is 2.32. The van der Waals surface area contributed by atoms with Gasteiger partial charge in [-0.1, -0.05) is 22.0 Å². The standard InChI is InChI=1S/C11H6BrF4NO3S/c1-5-7-3-2-6(12)4-8(7)17-10(9(5)13)20-21(18,19)11(14,15)16/h2-4H,1H3. The third-order valence-electron chi connectivity index (χ3n) is 2.57. The molecular weight excluding hydrogens is 382 g/mol. The highest BCUT2D eigenvalue weighted by Crippen LogP contribution is 2.31. The van der Waals surface area contributed by atoms with E-state index in [0.717, 1.165) is 0 Å². The van der Waals surface area contributed by atoms with Crippen LogP contribution in [0.5, 0.6) is 5.88 Å². The first-order valence-electron chi connectivity index (χ1n) is 5.29. The van der Waals surface area contributed by atoms with E-state index in [1.807, 2.05) is 0 Å². The van der Waals surface area contributed by atoms with Crippen LogP contribution < -0.4 is 4.18 Å². The van der Waals surface area contributed by atoms with Gasteiger partial charge in [0.25, 0.3) is 5.88 Å². The van der Waals surface area contributed by atoms with Gasteiger partial charge in [0.15, 0.2) is 5.82 Å². The van der Waals surface area contributed by atoms with Gasteiger partial charge in [-0.25, -0.2) is 9.37 Å². The van der Waals surface area contributed by atoms with Gasteiger partial charge in [-0.15, -0.1) is 0 Å². The lowest BCUT2D eigenvalue weighted by Crippen LogP contribution is -2.28. The minimum Gasteiger partial charge on any atom is -0.352 e. The molecule has 0 spiro atoms. The number of aryl methyl sites for hydroxylation is 1. The van der Waals surface area contributed by atoms with Gasteiger partial charge in [0, 0.05) is 9.86 Å². The molecule has 0 aliphatic rings. The summed E-state index contributed by atoms with van der Waals surface area (Å²) in [6.45, 7) is 1.28. The van der Waals surface area contributed by atoms with Crippen LogP contribution in [-0.4, -0.2) is 18.9 Å². The average molecular weight is 388 g/mol. The van der Waals surface area contributed by atoms with Gasteiger partial charge in [-0.3, -0.25) is 0 Å². The Bertz CT molecular complexity index is 820. The zero-order chi connectivity index (χ0) is 16.0. The van der Waals surface area contributed by atoms with Crippen molar-refractivity contribution >= 4 is 37.0 Å². The smallest absolute Gasteiger partial charge is 0.352 e. The van der Waals surface area contributed by atoms with Crippen molar-refractivity contribution in [2.45, 2.75) is 12.4 Å². The highest BCUT2D eigenvalue weighted by atomic mass is 79.9. The molecule has 0 aliphatic carbocycles. The van der Waals surface area contributed by atoms with Gasteiger partial charge in [-0.2, -0.15) is 21.6 Å². The molecule has 1 aromatic carbocycles. The van der Waals surface area contributed by atoms with Gasteiger partial charge in [0.2, 0.25) is 0 Å². The molecule has 2 rings (SSSR count). The van der Waals surface area contributed by atoms with E-state index >= 15 is 0 Å². The molecule has 1 heterocycles. The number of alkyl halides is 3. The maximum absolute atomic E-state index is 13.9. The molecule has 0 saturated heterocycles. The Labute approximate surface area is 125 Å². The Balaban J connectivity index is 2.63. The minimum atomic E-state index is -5.98. The fourth-order valence-electron chi connectivity index (χ4n) is 1.56. The van der Waals surface area contributed by atoms with Gasteiger partial charge in [0.05, 0.1) is 5.52 Å². The molecule has 0 radical (unpaired) electrons. The molecule has 0 unspecified atom stereocenters. The molecule has 0 N–H and O–H groups in total. The second-order valence-corrected chi connectivity index (χ2v) is 6.45. The molecule has 21 heavy (non-hydrogen) atoms. The van der Waals surface area contributed by atoms with Crippen molar-refractivity contribution in [2.24, 2.45) is 0 Å². The lowest BCUT2D eigenvalue weighted by atomic mass is 10.1. The molecule has 0 amide bonds. The molecular formula is C11H6BrF4NO3S. The summed E-state index contributed by atoms with van der Waals surface area (Å²) in [5, 5.41) is 0.326. The number of aromatic nitrogens is 1. The number of rotatable bonds is 2. The summed E-state index contributed by atoms with van der Waals surface area (Å²) < 4.78 is 76.9. The highest BCUT2D eigenvalue weighted by Gasteiger charge is 2.49. The van der Waals surface area contributed by atoms with E-state index in [4.69, 9.17) is 0 Å². The highest BCUT2D eigenvalue weighted by molar-refractivity contribution is 9.10. The van der Waals surface area contributed by atoms with Gasteiger partial charge in [0.1, 0.15) is 0 Å². The average Bonchev–Trinajstić information content (AvgIpc) is 2.33. The summed E-state index contributed by atoms with van der Waals surface area (Å²) >= 11 is 3.12. The van der Waals surface area contributed by atoms with E-state index in [2.05, 4.69) is 25.1 Å². The molecule has 0 saturated carbocycles. The number of fused-ring (bicyclic) bond motifs is 1. The van der Waals surface area contributed by atoms with Crippen LogP contribution in [-0.2, 0) is 10.1 Å². The van der Waals surface area contributed by atoms with E-state index in [9.17, 15) is 26.0 Å². The van der Waals surface area contributed by atoms with Crippen LogP contribution in [0, 0.1) is 12.7 Å². The maximum atomic E-state index is 13.9. The van der Waals surface area contributed by atoms with E-state index in [1.165, 1.54) is 19.1 Å². The number of benzene rings is 1. The first kappa shape index (κ1) is 16.0. The van der Waals surface area contributed by atoms with Gasteiger partial charge >= 0.3 is 15.6 Å². The summed E-state index contributed by atoms with van der Waals surface area (Å²) in [5.74, 6) is -2.51. The predicted octanol–water partition coefficient (Wildman–Crippen LogP) is 3.67. The number of nitrogens with zero attached hydrogens (tertiary/aromatic N) is 1. The largest absolute Gasteiger partial charge is 0.534 e. The van der Waals surface area contributed by atoms with Crippen molar-refractivity contribution in [2.75, 3.05) is 0 Å². The lowest BCUT2D eigenvalue weighted by molar-refractivity contribution is -0.0502. The molecule has 0 aliphatic heterocycles. The quantitative estimate of drug-likeness (QED) is 0.448. The zero-order valence-electron chi connectivity index (χ0n) is 10.2. The molecule has 4 nitrogen and oxygen atoms in total. The summed E-state index contributed by atoms with van der Waals surface area (Å²) in [5.41, 5.74) is -5.64. The fraction of sp³-hybridized carbons (Fsp3) is 0.182. The number of hydrogen-bond acceptors (Lipinski definition) is 4. The number of hydrogen-bond donors (Lipinski definition) is 0. The lowest BCUT2D eigenvalue weighted by Gasteiger charge is -2.11. The first-order chi connectivity index (χ1) is 9.53. The predicted molar refractivity (Wildman–Crippen MR) is 69.7 cm³/mol. The number of pyridine rings is 1. The molecule has 2 aromatic rings. The van der Waals surface area contributed by atoms with Crippen molar-refractivity contribution in [3.63, 3.8) is 0 Å². The van der Waals surface area contributed by atoms with Crippen molar-refractivity contribution in [1.29, 1.82) is 0 Å². The second-order valence-electron chi connectivity index (χ2n) is 4.00. The van der Waals surface area contributed by atoms with E-state index < -0.39 is 27.3 Å². The monoisotopic (exact) mass is 387 g/mol. The Morgan fingerprint density at radius 2 is 1.90 bits per heavy atom. The number of halogens is 5. The second kappa shape index (κ2) is 5.09. The van der Waals surface area contributed by atoms with Crippen LogP contribution in [0.1, 0.15) is 5.56 Å². The van der Waals surface area contributed by atoms with Gasteiger partial charge in [-0.05, 0) is 24.6 Å². The normalized spacial score (nSPS) is 12.7. The first-order valence-corrected chi connectivity index (χ1v) is 7.49. The van der Waals surface area contributed by atoms with Crippen molar-refractivity contribution in [1.82, 2.24) is 4.98 Å². The van der Waals surface area contributed by atoms with Crippen LogP contribution in [0.25, 0.3) is 10.9 Å². The molecule has 10 heteroatoms. The Kier molecular flexibility index (Phi) is 3.87. The molecule has 114 valence electrons. The SMILES string of the molecule is Cc1c(F)c(OS(=O)(=O)C(F)(F)F)nc2cc(Br)ccc12. The van der Waals surface area contributed by atoms with E-state index in [0.29, 0.717) is 9.86 Å². The summed E-state index contributed by atoms with van der Waals surface area (Å²) in [6.07, 6.45) is 0. The summed E-state index contributed by atoms with van der Waals surface area (Å²) in [4.78, 5) is 3.49. The Morgan fingerprint density at radius 3 is 2.48 bits per heavy atom. The molecule has 0 atom stereocenters. The van der Waals surface area contributed by atoms with Crippen molar-refractivity contribution < 1.29 is 30.2 Å². The van der Waals surface area contributed by atoms with Crippen LogP contribution in [0.15, 0.2) is 22.7 Å². The summed E-state index contributed by atoms with van der Waals surface area (Å²) in [6, 6.07) is 4.48. The maximum Gasteiger partial charge on any atom is 0.534 e. The van der Waals surface area contributed by atoms with E-state index in [1.54, 1.807) is 6.07 Å². The van der Waals surface area contributed by atoms with E-state index in [-0.39, 0.29) is 11.1 Å². The zero-order valence-corrected chi connectivity index (χ0v) is 12.6. The third-order valence-corrected chi connectivity index (χ3v) is 4.01. The molecule has 0 fully saturated rings. The van der Waals surface area contributed by atoms with Crippen molar-refractivity contribution in [3.8, 4) is 5.88 Å². The Morgan fingerprint density at radius 1 is 1.29 bits per heavy atom. The van der Waals surface area contributed by atoms with Crippen LogP contribution in [0.4, 0.5) is 17.6 Å².